The van der Waals surface area contributed by atoms with Crippen LogP contribution >= 0.6 is 11.6 Å². The number of rotatable bonds is 10. The number of hydrogen-bond acceptors (Lipinski definition) is 4. The third-order valence-electron chi connectivity index (χ3n) is 5.18. The Morgan fingerprint density at radius 2 is 1.64 bits per heavy atom. The van der Waals surface area contributed by atoms with Gasteiger partial charge in [-0.1, -0.05) is 48.9 Å². The molecule has 0 saturated carbocycles. The second-order valence-corrected chi connectivity index (χ2v) is 10.6. The molecule has 0 saturated heterocycles. The number of nitrogens with one attached hydrogen (secondary N) is 1. The topological polar surface area (TPSA) is 86.8 Å². The first-order chi connectivity index (χ1) is 15.4. The molecule has 2 rings (SSSR count). The summed E-state index contributed by atoms with van der Waals surface area (Å²) in [6.45, 7) is 6.95. The van der Waals surface area contributed by atoms with Crippen LogP contribution in [0, 0.1) is 0 Å². The van der Waals surface area contributed by atoms with E-state index in [1.54, 1.807) is 43.3 Å². The van der Waals surface area contributed by atoms with Gasteiger partial charge in [0.15, 0.2) is 0 Å². The predicted octanol–water partition coefficient (Wildman–Crippen LogP) is 3.61. The molecule has 0 heterocycles. The fraction of sp³-hybridized carbons (Fsp3) is 0.417. The number of aryl methyl sites for hydroxylation is 1. The van der Waals surface area contributed by atoms with Crippen molar-refractivity contribution in [2.75, 3.05) is 17.1 Å². The number of para-hydroxylation sites is 1. The molecule has 0 aliphatic heterocycles. The molecule has 0 fully saturated rings. The highest BCUT2D eigenvalue weighted by Crippen LogP contribution is 2.24. The zero-order valence-corrected chi connectivity index (χ0v) is 21.3. The quantitative estimate of drug-likeness (QED) is 0.547. The smallest absolute Gasteiger partial charge is 0.244 e. The lowest BCUT2D eigenvalue weighted by Gasteiger charge is -2.32. The third kappa shape index (κ3) is 7.47. The summed E-state index contributed by atoms with van der Waals surface area (Å²) in [6.07, 6.45) is 1.68. The van der Waals surface area contributed by atoms with Crippen LogP contribution in [0.5, 0.6) is 0 Å². The highest BCUT2D eigenvalue weighted by atomic mass is 35.5. The summed E-state index contributed by atoms with van der Waals surface area (Å²) in [5.74, 6) is -0.792. The first-order valence-corrected chi connectivity index (χ1v) is 13.1. The Hall–Kier alpha value is -2.58. The van der Waals surface area contributed by atoms with Gasteiger partial charge in [-0.25, -0.2) is 8.42 Å². The molecule has 0 aliphatic carbocycles. The Balaban J connectivity index is 2.42. The van der Waals surface area contributed by atoms with Crippen molar-refractivity contribution in [2.45, 2.75) is 52.7 Å². The van der Waals surface area contributed by atoms with Crippen molar-refractivity contribution in [1.29, 1.82) is 0 Å². The van der Waals surface area contributed by atoms with E-state index in [0.29, 0.717) is 17.1 Å². The molecule has 2 amide bonds. The summed E-state index contributed by atoms with van der Waals surface area (Å²) in [5.41, 5.74) is 2.05. The highest BCUT2D eigenvalue weighted by Gasteiger charge is 2.30. The SMILES string of the molecule is CCc1ccccc1N(CC(=O)N(Cc1ccc(Cl)cc1)C(C)C(=O)NC(C)C)S(C)(=O)=O. The number of amides is 2. The standard InChI is InChI=1S/C24H32ClN3O4S/c1-6-20-9-7-8-10-22(20)28(33(5,31)32)16-23(29)27(18(4)24(30)26-17(2)3)15-19-11-13-21(25)14-12-19/h7-14,17-18H,6,15-16H2,1-5H3,(H,26,30). The van der Waals surface area contributed by atoms with Gasteiger partial charge in [0.25, 0.3) is 0 Å². The van der Waals surface area contributed by atoms with E-state index in [1.807, 2.05) is 32.9 Å². The van der Waals surface area contributed by atoms with Crippen molar-refractivity contribution in [3.63, 3.8) is 0 Å². The van der Waals surface area contributed by atoms with E-state index in [9.17, 15) is 18.0 Å². The van der Waals surface area contributed by atoms with E-state index >= 15 is 0 Å². The van der Waals surface area contributed by atoms with E-state index in [-0.39, 0.29) is 18.5 Å². The van der Waals surface area contributed by atoms with E-state index in [2.05, 4.69) is 5.32 Å². The third-order valence-corrected chi connectivity index (χ3v) is 6.56. The lowest BCUT2D eigenvalue weighted by Crippen LogP contribution is -2.52. The van der Waals surface area contributed by atoms with Crippen molar-refractivity contribution in [3.05, 3.63) is 64.7 Å². The van der Waals surface area contributed by atoms with Gasteiger partial charge in [-0.3, -0.25) is 13.9 Å². The van der Waals surface area contributed by atoms with E-state index in [4.69, 9.17) is 11.6 Å². The lowest BCUT2D eigenvalue weighted by molar-refractivity contribution is -0.139. The fourth-order valence-corrected chi connectivity index (χ4v) is 4.43. The molecule has 0 radical (unpaired) electrons. The molecule has 180 valence electrons. The summed E-state index contributed by atoms with van der Waals surface area (Å²) >= 11 is 5.98. The Labute approximate surface area is 201 Å². The molecule has 0 bridgehead atoms. The summed E-state index contributed by atoms with van der Waals surface area (Å²) in [7, 11) is -3.75. The van der Waals surface area contributed by atoms with Crippen LogP contribution < -0.4 is 9.62 Å². The van der Waals surface area contributed by atoms with Crippen molar-refractivity contribution in [3.8, 4) is 0 Å². The van der Waals surface area contributed by atoms with Crippen molar-refractivity contribution in [2.24, 2.45) is 0 Å². The van der Waals surface area contributed by atoms with Crippen LogP contribution in [0.25, 0.3) is 0 Å². The zero-order chi connectivity index (χ0) is 24.8. The molecule has 1 atom stereocenters. The first kappa shape index (κ1) is 26.7. The number of benzene rings is 2. The molecule has 0 spiro atoms. The molecule has 0 aromatic heterocycles. The molecule has 9 heteroatoms. The van der Waals surface area contributed by atoms with Crippen molar-refractivity contribution in [1.82, 2.24) is 10.2 Å². The fourth-order valence-electron chi connectivity index (χ4n) is 3.42. The predicted molar refractivity (Wildman–Crippen MR) is 133 cm³/mol. The molecule has 1 N–H and O–H groups in total. The van der Waals surface area contributed by atoms with Gasteiger partial charge >= 0.3 is 0 Å². The molecule has 33 heavy (non-hydrogen) atoms. The van der Waals surface area contributed by atoms with Crippen LogP contribution in [-0.4, -0.2) is 50.0 Å². The Morgan fingerprint density at radius 1 is 1.03 bits per heavy atom. The first-order valence-electron chi connectivity index (χ1n) is 10.8. The largest absolute Gasteiger partial charge is 0.352 e. The minimum absolute atomic E-state index is 0.101. The Kier molecular flexibility index (Phi) is 9.31. The molecule has 1 unspecified atom stereocenters. The number of carbonyl (C=O) groups excluding carboxylic acids is 2. The van der Waals surface area contributed by atoms with Gasteiger partial charge in [0.05, 0.1) is 11.9 Å². The maximum absolute atomic E-state index is 13.5. The Morgan fingerprint density at radius 3 is 2.18 bits per heavy atom. The molecular formula is C24H32ClN3O4S. The van der Waals surface area contributed by atoms with Crippen LogP contribution in [0.1, 0.15) is 38.8 Å². The number of anilines is 1. The van der Waals surface area contributed by atoms with Gasteiger partial charge in [-0.05, 0) is 56.5 Å². The van der Waals surface area contributed by atoms with E-state index < -0.39 is 28.5 Å². The molecule has 0 aliphatic rings. The van der Waals surface area contributed by atoms with Crippen LogP contribution in [0.2, 0.25) is 5.02 Å². The molecule has 2 aromatic rings. The maximum atomic E-state index is 13.5. The minimum atomic E-state index is -3.75. The normalized spacial score (nSPS) is 12.3. The summed E-state index contributed by atoms with van der Waals surface area (Å²) in [5, 5.41) is 3.38. The van der Waals surface area contributed by atoms with E-state index in [1.165, 1.54) is 4.90 Å². The monoisotopic (exact) mass is 493 g/mol. The van der Waals surface area contributed by atoms with Gasteiger partial charge < -0.3 is 10.2 Å². The van der Waals surface area contributed by atoms with Crippen LogP contribution in [0.15, 0.2) is 48.5 Å². The minimum Gasteiger partial charge on any atom is -0.352 e. The maximum Gasteiger partial charge on any atom is 0.244 e. The second-order valence-electron chi connectivity index (χ2n) is 8.24. The number of carbonyl (C=O) groups is 2. The zero-order valence-electron chi connectivity index (χ0n) is 19.7. The van der Waals surface area contributed by atoms with Gasteiger partial charge in [0, 0.05) is 17.6 Å². The Bertz CT molecular complexity index is 1070. The average molecular weight is 494 g/mol. The summed E-state index contributed by atoms with van der Waals surface area (Å²) in [6, 6.07) is 13.1. The molecule has 7 nitrogen and oxygen atoms in total. The lowest BCUT2D eigenvalue weighted by atomic mass is 10.1. The summed E-state index contributed by atoms with van der Waals surface area (Å²) in [4.78, 5) is 27.6. The van der Waals surface area contributed by atoms with Gasteiger partial charge in [0.2, 0.25) is 21.8 Å². The van der Waals surface area contributed by atoms with Gasteiger partial charge in [0.1, 0.15) is 12.6 Å². The molecule has 2 aromatic carbocycles. The van der Waals surface area contributed by atoms with Crippen molar-refractivity contribution >= 4 is 39.1 Å². The highest BCUT2D eigenvalue weighted by molar-refractivity contribution is 7.92. The number of nitrogens with zero attached hydrogens (tertiary/aromatic N) is 2. The average Bonchev–Trinajstić information content (AvgIpc) is 2.75. The summed E-state index contributed by atoms with van der Waals surface area (Å²) < 4.78 is 26.4. The van der Waals surface area contributed by atoms with Crippen molar-refractivity contribution < 1.29 is 18.0 Å². The van der Waals surface area contributed by atoms with Crippen LogP contribution in [-0.2, 0) is 32.6 Å². The number of hydrogen-bond donors (Lipinski definition) is 1. The van der Waals surface area contributed by atoms with Crippen LogP contribution in [0.4, 0.5) is 5.69 Å². The molecular weight excluding hydrogens is 462 g/mol. The second kappa shape index (κ2) is 11.5. The van der Waals surface area contributed by atoms with E-state index in [0.717, 1.165) is 21.7 Å². The van der Waals surface area contributed by atoms with Gasteiger partial charge in [-0.15, -0.1) is 0 Å². The number of sulfonamides is 1. The van der Waals surface area contributed by atoms with Crippen LogP contribution in [0.3, 0.4) is 0 Å². The number of halogens is 1. The van der Waals surface area contributed by atoms with Gasteiger partial charge in [-0.2, -0.15) is 0 Å².